The minimum absolute atomic E-state index is 0.0357. The van der Waals surface area contributed by atoms with Gasteiger partial charge in [-0.3, -0.25) is 9.69 Å². The molecule has 1 aromatic heterocycles. The van der Waals surface area contributed by atoms with Crippen LogP contribution in [0.5, 0.6) is 0 Å². The van der Waals surface area contributed by atoms with E-state index in [9.17, 15) is 9.59 Å². The molecule has 1 aliphatic rings. The van der Waals surface area contributed by atoms with Gasteiger partial charge in [-0.05, 0) is 55.4 Å². The zero-order chi connectivity index (χ0) is 30.2. The Morgan fingerprint density at radius 2 is 1.72 bits per heavy atom. The molecule has 0 aliphatic carbocycles. The van der Waals surface area contributed by atoms with E-state index in [4.69, 9.17) is 10.5 Å². The van der Waals surface area contributed by atoms with Crippen LogP contribution >= 0.6 is 0 Å². The highest BCUT2D eigenvalue weighted by atomic mass is 16.6. The second-order valence-electron chi connectivity index (χ2n) is 10.6. The summed E-state index contributed by atoms with van der Waals surface area (Å²) in [6.45, 7) is 7.13. The molecule has 3 N–H and O–H groups in total. The van der Waals surface area contributed by atoms with Gasteiger partial charge in [0.25, 0.3) is 5.91 Å². The van der Waals surface area contributed by atoms with Gasteiger partial charge in [0.05, 0.1) is 11.4 Å². The van der Waals surface area contributed by atoms with Gasteiger partial charge in [-0.2, -0.15) is 0 Å². The van der Waals surface area contributed by atoms with Gasteiger partial charge in [0.1, 0.15) is 6.61 Å². The Labute approximate surface area is 252 Å². The van der Waals surface area contributed by atoms with Gasteiger partial charge in [-0.15, -0.1) is 0 Å². The maximum absolute atomic E-state index is 13.3. The van der Waals surface area contributed by atoms with E-state index in [1.54, 1.807) is 24.4 Å². The quantitative estimate of drug-likeness (QED) is 0.294. The molecule has 0 unspecified atom stereocenters. The lowest BCUT2D eigenvalue weighted by Gasteiger charge is -2.32. The molecule has 0 saturated carbocycles. The van der Waals surface area contributed by atoms with Gasteiger partial charge in [0.2, 0.25) is 5.95 Å². The van der Waals surface area contributed by atoms with Crippen LogP contribution in [0.25, 0.3) is 11.3 Å². The first-order chi connectivity index (χ1) is 20.9. The van der Waals surface area contributed by atoms with Crippen molar-refractivity contribution in [1.82, 2.24) is 19.8 Å². The molecule has 0 bridgehead atoms. The largest absolute Gasteiger partial charge is 0.447 e. The molecular formula is C33H37N7O3. The monoisotopic (exact) mass is 579 g/mol. The number of likely N-dealkylation sites (N-methyl/N-ethyl adjacent to an activating group) is 1. The standard InChI is InChI=1S/C33H37N7O3/c1-24-8-13-28(36-31(41)27-11-9-25(10-12-27)23-39-19-17-38(2)18-20-39)22-30(24)40(33(42)43-21-15-34)32-35-16-14-29(37-32)26-6-4-3-5-7-26/h3-14,16,22H,15,17-21,23,34H2,1-2H3,(H,36,41). The summed E-state index contributed by atoms with van der Waals surface area (Å²) in [5.74, 6) is -0.105. The van der Waals surface area contributed by atoms with Crippen LogP contribution in [0.4, 0.5) is 22.1 Å². The summed E-state index contributed by atoms with van der Waals surface area (Å²) in [6, 6.07) is 24.4. The number of ether oxygens (including phenoxy) is 1. The predicted octanol–water partition coefficient (Wildman–Crippen LogP) is 4.69. The van der Waals surface area contributed by atoms with Crippen LogP contribution in [-0.2, 0) is 11.3 Å². The third kappa shape index (κ3) is 7.61. The van der Waals surface area contributed by atoms with E-state index < -0.39 is 6.09 Å². The zero-order valence-corrected chi connectivity index (χ0v) is 24.6. The lowest BCUT2D eigenvalue weighted by Crippen LogP contribution is -2.43. The molecule has 43 heavy (non-hydrogen) atoms. The van der Waals surface area contributed by atoms with Crippen molar-refractivity contribution >= 4 is 29.3 Å². The number of hydrogen-bond acceptors (Lipinski definition) is 8. The molecule has 10 nitrogen and oxygen atoms in total. The van der Waals surface area contributed by atoms with Crippen molar-refractivity contribution in [3.05, 3.63) is 102 Å². The number of benzene rings is 3. The van der Waals surface area contributed by atoms with Crippen LogP contribution in [0.3, 0.4) is 0 Å². The normalized spacial score (nSPS) is 13.8. The second-order valence-corrected chi connectivity index (χ2v) is 10.6. The molecule has 4 aromatic rings. The SMILES string of the molecule is Cc1ccc(NC(=O)c2ccc(CN3CCN(C)CC3)cc2)cc1N(C(=O)OCCN)c1nccc(-c2ccccc2)n1. The summed E-state index contributed by atoms with van der Waals surface area (Å²) >= 11 is 0. The number of aryl methyl sites for hydroxylation is 1. The molecule has 3 aromatic carbocycles. The molecular weight excluding hydrogens is 542 g/mol. The molecule has 1 fully saturated rings. The molecule has 1 saturated heterocycles. The Balaban J connectivity index is 1.36. The molecule has 1 aliphatic heterocycles. The van der Waals surface area contributed by atoms with Crippen LogP contribution in [0.2, 0.25) is 0 Å². The van der Waals surface area contributed by atoms with Crippen LogP contribution in [0.15, 0.2) is 85.1 Å². The van der Waals surface area contributed by atoms with Gasteiger partial charge in [-0.1, -0.05) is 48.5 Å². The molecule has 5 rings (SSSR count). The number of carbonyl (C=O) groups is 2. The molecule has 10 heteroatoms. The Hall–Kier alpha value is -4.64. The predicted molar refractivity (Wildman–Crippen MR) is 168 cm³/mol. The summed E-state index contributed by atoms with van der Waals surface area (Å²) in [7, 11) is 2.14. The van der Waals surface area contributed by atoms with Gasteiger partial charge in [0, 0.05) is 62.3 Å². The fourth-order valence-corrected chi connectivity index (χ4v) is 4.88. The van der Waals surface area contributed by atoms with Gasteiger partial charge >= 0.3 is 6.09 Å². The molecule has 0 spiro atoms. The van der Waals surface area contributed by atoms with Gasteiger partial charge in [-0.25, -0.2) is 19.7 Å². The second kappa shape index (κ2) is 14.0. The summed E-state index contributed by atoms with van der Waals surface area (Å²) in [5, 5.41) is 2.96. The first-order valence-corrected chi connectivity index (χ1v) is 14.4. The average Bonchev–Trinajstić information content (AvgIpc) is 3.03. The van der Waals surface area contributed by atoms with Crippen molar-refractivity contribution in [3.8, 4) is 11.3 Å². The number of nitrogens with two attached hydrogens (primary N) is 1. The lowest BCUT2D eigenvalue weighted by molar-refractivity contribution is 0.102. The molecule has 2 heterocycles. The number of aromatic nitrogens is 2. The fraction of sp³-hybridized carbons (Fsp3) is 0.273. The summed E-state index contributed by atoms with van der Waals surface area (Å²) < 4.78 is 5.41. The van der Waals surface area contributed by atoms with Crippen LogP contribution in [0.1, 0.15) is 21.5 Å². The molecule has 2 amide bonds. The van der Waals surface area contributed by atoms with E-state index in [-0.39, 0.29) is 25.0 Å². The number of hydrogen-bond donors (Lipinski definition) is 2. The van der Waals surface area contributed by atoms with E-state index in [1.807, 2.05) is 67.6 Å². The van der Waals surface area contributed by atoms with Crippen molar-refractivity contribution in [2.45, 2.75) is 13.5 Å². The van der Waals surface area contributed by atoms with Crippen molar-refractivity contribution in [2.24, 2.45) is 5.73 Å². The van der Waals surface area contributed by atoms with Crippen molar-refractivity contribution in [2.75, 3.05) is 56.6 Å². The number of rotatable bonds is 9. The highest BCUT2D eigenvalue weighted by Crippen LogP contribution is 2.31. The minimum Gasteiger partial charge on any atom is -0.447 e. The molecule has 0 radical (unpaired) electrons. The number of amides is 2. The van der Waals surface area contributed by atoms with Crippen LogP contribution in [0, 0.1) is 6.92 Å². The van der Waals surface area contributed by atoms with Gasteiger partial charge in [0.15, 0.2) is 0 Å². The van der Waals surface area contributed by atoms with E-state index in [1.165, 1.54) is 10.5 Å². The minimum atomic E-state index is -0.668. The first kappa shape index (κ1) is 29.8. The van der Waals surface area contributed by atoms with E-state index in [2.05, 4.69) is 32.1 Å². The first-order valence-electron chi connectivity index (χ1n) is 14.4. The Morgan fingerprint density at radius 1 is 0.977 bits per heavy atom. The highest BCUT2D eigenvalue weighted by Gasteiger charge is 2.25. The third-order valence-electron chi connectivity index (χ3n) is 7.36. The smallest absolute Gasteiger partial charge is 0.421 e. The number of nitrogens with zero attached hydrogens (tertiary/aromatic N) is 5. The maximum Gasteiger partial charge on any atom is 0.421 e. The summed E-state index contributed by atoms with van der Waals surface area (Å²) in [4.78, 5) is 41.6. The Kier molecular flexibility index (Phi) is 9.73. The maximum atomic E-state index is 13.3. The van der Waals surface area contributed by atoms with E-state index in [0.717, 1.165) is 43.9 Å². The van der Waals surface area contributed by atoms with Crippen molar-refractivity contribution < 1.29 is 14.3 Å². The average molecular weight is 580 g/mol. The number of nitrogens with one attached hydrogen (secondary N) is 1. The Morgan fingerprint density at radius 3 is 2.44 bits per heavy atom. The van der Waals surface area contributed by atoms with Crippen molar-refractivity contribution in [1.29, 1.82) is 0 Å². The third-order valence-corrected chi connectivity index (χ3v) is 7.36. The van der Waals surface area contributed by atoms with Crippen LogP contribution < -0.4 is 16.0 Å². The van der Waals surface area contributed by atoms with E-state index in [0.29, 0.717) is 22.6 Å². The number of piperazine rings is 1. The van der Waals surface area contributed by atoms with Crippen molar-refractivity contribution in [3.63, 3.8) is 0 Å². The van der Waals surface area contributed by atoms with E-state index >= 15 is 0 Å². The zero-order valence-electron chi connectivity index (χ0n) is 24.6. The van der Waals surface area contributed by atoms with Crippen LogP contribution in [-0.4, -0.2) is 78.1 Å². The fourth-order valence-electron chi connectivity index (χ4n) is 4.88. The molecule has 222 valence electrons. The summed E-state index contributed by atoms with van der Waals surface area (Å²) in [6.07, 6.45) is 0.931. The van der Waals surface area contributed by atoms with Gasteiger partial charge < -0.3 is 20.7 Å². The lowest BCUT2D eigenvalue weighted by atomic mass is 10.1. The highest BCUT2D eigenvalue weighted by molar-refractivity contribution is 6.05. The topological polar surface area (TPSA) is 117 Å². The number of carbonyl (C=O) groups excluding carboxylic acids is 2. The Bertz CT molecular complexity index is 1540. The number of anilines is 3. The molecule has 0 atom stereocenters. The summed E-state index contributed by atoms with van der Waals surface area (Å²) in [5.41, 5.74) is 10.6.